The molecule has 1 rings (SSSR count). The second-order valence-electron chi connectivity index (χ2n) is 4.10. The molecule has 21 heavy (non-hydrogen) atoms. The van der Waals surface area contributed by atoms with Crippen molar-refractivity contribution in [3.8, 4) is 11.8 Å². The Kier molecular flexibility index (Phi) is 6.54. The summed E-state index contributed by atoms with van der Waals surface area (Å²) < 4.78 is 5.11. The lowest BCUT2D eigenvalue weighted by Gasteiger charge is -2.21. The number of aliphatic carboxylic acids is 1. The van der Waals surface area contributed by atoms with Crippen molar-refractivity contribution >= 4 is 17.7 Å². The van der Waals surface area contributed by atoms with Crippen LogP contribution in [0.4, 0.5) is 10.5 Å². The average Bonchev–Trinajstić information content (AvgIpc) is 2.47. The molecule has 0 heterocycles. The third-order valence-electron chi connectivity index (χ3n) is 2.64. The van der Waals surface area contributed by atoms with Gasteiger partial charge in [0.05, 0.1) is 18.2 Å². The summed E-state index contributed by atoms with van der Waals surface area (Å²) in [6.07, 6.45) is 0.248. The summed E-state index contributed by atoms with van der Waals surface area (Å²) in [4.78, 5) is 24.1. The number of anilines is 1. The van der Waals surface area contributed by atoms with Crippen molar-refractivity contribution in [3.05, 3.63) is 24.3 Å². The summed E-state index contributed by atoms with van der Waals surface area (Å²) in [7, 11) is 0. The number of ether oxygens (including phenoxy) is 1. The van der Waals surface area contributed by atoms with Crippen LogP contribution in [0.1, 0.15) is 13.3 Å². The van der Waals surface area contributed by atoms with Gasteiger partial charge in [-0.15, -0.1) is 0 Å². The van der Waals surface area contributed by atoms with E-state index in [2.05, 4.69) is 5.32 Å². The minimum absolute atomic E-state index is 0.248. The second kappa shape index (κ2) is 8.43. The van der Waals surface area contributed by atoms with Gasteiger partial charge in [-0.3, -0.25) is 0 Å². The first kappa shape index (κ1) is 16.3. The van der Waals surface area contributed by atoms with Gasteiger partial charge in [-0.2, -0.15) is 5.26 Å². The van der Waals surface area contributed by atoms with E-state index < -0.39 is 12.6 Å². The summed E-state index contributed by atoms with van der Waals surface area (Å²) >= 11 is 0. The number of nitrogens with one attached hydrogen (secondary N) is 1. The van der Waals surface area contributed by atoms with Crippen LogP contribution >= 0.6 is 0 Å². The molecule has 0 bridgehead atoms. The van der Waals surface area contributed by atoms with Gasteiger partial charge in [-0.1, -0.05) is 12.1 Å². The standard InChI is InChI=1S/C14H17N3O4/c1-2-17(9-5-8-15)14(20)16-11-6-3-4-7-12(11)21-10-13(18)19/h3-4,6-7H,2,5,9-10H2,1H3,(H,16,20)(H,18,19). The van der Waals surface area contributed by atoms with Crippen molar-refractivity contribution in [2.24, 2.45) is 0 Å². The molecule has 2 amide bonds. The Morgan fingerprint density at radius 3 is 2.76 bits per heavy atom. The van der Waals surface area contributed by atoms with Gasteiger partial charge in [0.15, 0.2) is 6.61 Å². The molecule has 0 atom stereocenters. The molecule has 0 fully saturated rings. The SMILES string of the molecule is CCN(CCC#N)C(=O)Nc1ccccc1OCC(=O)O. The maximum absolute atomic E-state index is 12.1. The lowest BCUT2D eigenvalue weighted by molar-refractivity contribution is -0.139. The monoisotopic (exact) mass is 291 g/mol. The Morgan fingerprint density at radius 1 is 1.43 bits per heavy atom. The fraction of sp³-hybridized carbons (Fsp3) is 0.357. The number of carboxylic acids is 1. The first-order valence-corrected chi connectivity index (χ1v) is 6.45. The van der Waals surface area contributed by atoms with Gasteiger partial charge >= 0.3 is 12.0 Å². The average molecular weight is 291 g/mol. The number of urea groups is 1. The third-order valence-corrected chi connectivity index (χ3v) is 2.64. The van der Waals surface area contributed by atoms with Crippen LogP contribution in [0.5, 0.6) is 5.75 Å². The maximum atomic E-state index is 12.1. The molecule has 2 N–H and O–H groups in total. The van der Waals surface area contributed by atoms with Gasteiger partial charge in [0.2, 0.25) is 0 Å². The number of nitrogens with zero attached hydrogens (tertiary/aromatic N) is 2. The van der Waals surface area contributed by atoms with Crippen molar-refractivity contribution in [2.45, 2.75) is 13.3 Å². The molecule has 0 spiro atoms. The van der Waals surface area contributed by atoms with Crippen molar-refractivity contribution < 1.29 is 19.4 Å². The van der Waals surface area contributed by atoms with E-state index in [1.54, 1.807) is 24.3 Å². The van der Waals surface area contributed by atoms with Crippen molar-refractivity contribution in [1.29, 1.82) is 5.26 Å². The summed E-state index contributed by atoms with van der Waals surface area (Å²) in [6, 6.07) is 8.20. The normalized spacial score (nSPS) is 9.52. The number of carbonyl (C=O) groups is 2. The summed E-state index contributed by atoms with van der Waals surface area (Å²) in [5, 5.41) is 19.8. The van der Waals surface area contributed by atoms with E-state index in [-0.39, 0.29) is 18.2 Å². The van der Waals surface area contributed by atoms with Crippen LogP contribution in [0.15, 0.2) is 24.3 Å². The predicted molar refractivity (Wildman–Crippen MR) is 76.1 cm³/mol. The van der Waals surface area contributed by atoms with E-state index in [4.69, 9.17) is 15.1 Å². The second-order valence-corrected chi connectivity index (χ2v) is 4.10. The predicted octanol–water partition coefficient (Wildman–Crippen LogP) is 1.92. The van der Waals surface area contributed by atoms with Crippen molar-refractivity contribution in [1.82, 2.24) is 4.90 Å². The van der Waals surface area contributed by atoms with Crippen LogP contribution in [0, 0.1) is 11.3 Å². The Balaban J connectivity index is 2.74. The van der Waals surface area contributed by atoms with Crippen LogP contribution in [-0.4, -0.2) is 41.7 Å². The molecule has 0 unspecified atom stereocenters. The minimum atomic E-state index is -1.10. The molecule has 0 saturated heterocycles. The van der Waals surface area contributed by atoms with Gasteiger partial charge < -0.3 is 20.1 Å². The molecule has 0 aliphatic heterocycles. The number of benzene rings is 1. The fourth-order valence-corrected chi connectivity index (χ4v) is 1.62. The Hall–Kier alpha value is -2.75. The van der Waals surface area contributed by atoms with Crippen molar-refractivity contribution in [2.75, 3.05) is 25.0 Å². The third kappa shape index (κ3) is 5.40. The number of hydrogen-bond acceptors (Lipinski definition) is 4. The molecule has 7 heteroatoms. The van der Waals surface area contributed by atoms with Crippen LogP contribution in [-0.2, 0) is 4.79 Å². The lowest BCUT2D eigenvalue weighted by atomic mass is 10.3. The molecule has 1 aromatic rings. The van der Waals surface area contributed by atoms with Gasteiger partial charge in [-0.25, -0.2) is 9.59 Å². The van der Waals surface area contributed by atoms with E-state index in [0.29, 0.717) is 18.8 Å². The zero-order chi connectivity index (χ0) is 15.7. The Bertz CT molecular complexity index is 539. The molecule has 0 aliphatic rings. The number of rotatable bonds is 7. The molecule has 7 nitrogen and oxygen atoms in total. The molecular formula is C14H17N3O4. The Morgan fingerprint density at radius 2 is 2.14 bits per heavy atom. The van der Waals surface area contributed by atoms with Crippen LogP contribution in [0.25, 0.3) is 0 Å². The molecule has 1 aromatic carbocycles. The van der Waals surface area contributed by atoms with Crippen LogP contribution < -0.4 is 10.1 Å². The topological polar surface area (TPSA) is 103 Å². The minimum Gasteiger partial charge on any atom is -0.480 e. The van der Waals surface area contributed by atoms with Crippen LogP contribution in [0.3, 0.4) is 0 Å². The number of para-hydroxylation sites is 2. The number of nitriles is 1. The first-order valence-electron chi connectivity index (χ1n) is 6.45. The summed E-state index contributed by atoms with van der Waals surface area (Å²) in [5.41, 5.74) is 0.388. The van der Waals surface area contributed by atoms with Gasteiger partial charge in [0.1, 0.15) is 5.75 Å². The molecule has 0 saturated carbocycles. The van der Waals surface area contributed by atoms with E-state index >= 15 is 0 Å². The highest BCUT2D eigenvalue weighted by Gasteiger charge is 2.14. The lowest BCUT2D eigenvalue weighted by Crippen LogP contribution is -2.35. The first-order chi connectivity index (χ1) is 10.1. The number of carbonyl (C=O) groups excluding carboxylic acids is 1. The zero-order valence-corrected chi connectivity index (χ0v) is 11.7. The maximum Gasteiger partial charge on any atom is 0.341 e. The van der Waals surface area contributed by atoms with Gasteiger partial charge in [0, 0.05) is 13.1 Å². The molecule has 0 aromatic heterocycles. The van der Waals surface area contributed by atoms with E-state index in [1.165, 1.54) is 4.90 Å². The van der Waals surface area contributed by atoms with E-state index in [1.807, 2.05) is 13.0 Å². The highest BCUT2D eigenvalue weighted by molar-refractivity contribution is 5.91. The van der Waals surface area contributed by atoms with Crippen LogP contribution in [0.2, 0.25) is 0 Å². The number of carboxylic acid groups (broad SMARTS) is 1. The van der Waals surface area contributed by atoms with E-state index in [9.17, 15) is 9.59 Å². The summed E-state index contributed by atoms with van der Waals surface area (Å²) in [6.45, 7) is 2.12. The molecular weight excluding hydrogens is 274 g/mol. The smallest absolute Gasteiger partial charge is 0.341 e. The molecule has 0 aliphatic carbocycles. The number of hydrogen-bond donors (Lipinski definition) is 2. The molecule has 112 valence electrons. The van der Waals surface area contributed by atoms with Crippen molar-refractivity contribution in [3.63, 3.8) is 0 Å². The number of amides is 2. The van der Waals surface area contributed by atoms with E-state index in [0.717, 1.165) is 0 Å². The highest BCUT2D eigenvalue weighted by Crippen LogP contribution is 2.24. The fourth-order valence-electron chi connectivity index (χ4n) is 1.62. The largest absolute Gasteiger partial charge is 0.480 e. The molecule has 0 radical (unpaired) electrons. The van der Waals surface area contributed by atoms with Gasteiger partial charge in [-0.05, 0) is 19.1 Å². The zero-order valence-electron chi connectivity index (χ0n) is 11.7. The van der Waals surface area contributed by atoms with Gasteiger partial charge in [0.25, 0.3) is 0 Å². The summed E-state index contributed by atoms with van der Waals surface area (Å²) in [5.74, 6) is -0.815. The quantitative estimate of drug-likeness (QED) is 0.799. The Labute approximate surface area is 122 Å². The highest BCUT2D eigenvalue weighted by atomic mass is 16.5.